The van der Waals surface area contributed by atoms with Crippen molar-refractivity contribution in [3.8, 4) is 0 Å². The lowest BCUT2D eigenvalue weighted by atomic mass is 10.3. The first-order valence-electron chi connectivity index (χ1n) is 6.19. The van der Waals surface area contributed by atoms with Gasteiger partial charge in [-0.1, -0.05) is 18.2 Å². The number of carbonyl (C=O) groups excluding carboxylic acids is 1. The predicted octanol–water partition coefficient (Wildman–Crippen LogP) is 2.53. The maximum Gasteiger partial charge on any atom is 0.261 e. The van der Waals surface area contributed by atoms with E-state index in [1.165, 1.54) is 23.9 Å². The van der Waals surface area contributed by atoms with Crippen LogP contribution in [0.2, 0.25) is 0 Å². The number of sulfonamides is 1. The van der Waals surface area contributed by atoms with Gasteiger partial charge < -0.3 is 5.32 Å². The predicted molar refractivity (Wildman–Crippen MR) is 83.0 cm³/mol. The van der Waals surface area contributed by atoms with Crippen LogP contribution in [0.4, 0.5) is 11.4 Å². The molecule has 0 aliphatic carbocycles. The van der Waals surface area contributed by atoms with Crippen LogP contribution < -0.4 is 10.0 Å². The lowest BCUT2D eigenvalue weighted by Crippen LogP contribution is -2.19. The van der Waals surface area contributed by atoms with Gasteiger partial charge in [-0.2, -0.15) is 0 Å². The van der Waals surface area contributed by atoms with E-state index in [0.717, 1.165) is 4.90 Å². The summed E-state index contributed by atoms with van der Waals surface area (Å²) in [4.78, 5) is 12.4. The van der Waals surface area contributed by atoms with E-state index in [4.69, 9.17) is 0 Å². The number of para-hydroxylation sites is 1. The van der Waals surface area contributed by atoms with Gasteiger partial charge in [0.1, 0.15) is 0 Å². The Bertz CT molecular complexity index is 789. The molecule has 1 aliphatic heterocycles. The van der Waals surface area contributed by atoms with Crippen molar-refractivity contribution in [1.82, 2.24) is 0 Å². The molecule has 7 heteroatoms. The molecule has 0 aromatic heterocycles. The molecule has 1 heterocycles. The highest BCUT2D eigenvalue weighted by molar-refractivity contribution is 8.00. The Morgan fingerprint density at radius 3 is 2.62 bits per heavy atom. The topological polar surface area (TPSA) is 75.3 Å². The van der Waals surface area contributed by atoms with Crippen LogP contribution in [0.5, 0.6) is 0 Å². The van der Waals surface area contributed by atoms with E-state index in [0.29, 0.717) is 17.1 Å². The molecule has 0 fully saturated rings. The summed E-state index contributed by atoms with van der Waals surface area (Å²) in [7, 11) is -3.67. The fourth-order valence-electron chi connectivity index (χ4n) is 1.95. The smallest absolute Gasteiger partial charge is 0.261 e. The Morgan fingerprint density at radius 1 is 1.10 bits per heavy atom. The van der Waals surface area contributed by atoms with Crippen LogP contribution >= 0.6 is 11.8 Å². The fraction of sp³-hybridized carbons (Fsp3) is 0.0714. The van der Waals surface area contributed by atoms with E-state index in [-0.39, 0.29) is 10.8 Å². The molecule has 2 aromatic carbocycles. The van der Waals surface area contributed by atoms with Gasteiger partial charge in [0.2, 0.25) is 5.91 Å². The van der Waals surface area contributed by atoms with Gasteiger partial charge in [-0.05, 0) is 30.3 Å². The first kappa shape index (κ1) is 14.0. The third-order valence-electron chi connectivity index (χ3n) is 2.92. The summed E-state index contributed by atoms with van der Waals surface area (Å²) in [5.41, 5.74) is 1.03. The molecule has 0 spiro atoms. The average molecular weight is 320 g/mol. The molecule has 1 amide bonds. The van der Waals surface area contributed by atoms with Gasteiger partial charge in [-0.3, -0.25) is 9.52 Å². The van der Waals surface area contributed by atoms with Crippen LogP contribution in [-0.4, -0.2) is 20.1 Å². The molecule has 3 rings (SSSR count). The first-order chi connectivity index (χ1) is 10.0. The number of fused-ring (bicyclic) bond motifs is 1. The largest absolute Gasteiger partial charge is 0.324 e. The molecule has 2 N–H and O–H groups in total. The lowest BCUT2D eigenvalue weighted by Gasteiger charge is -2.17. The van der Waals surface area contributed by atoms with E-state index in [2.05, 4.69) is 10.0 Å². The van der Waals surface area contributed by atoms with Crippen molar-refractivity contribution in [2.75, 3.05) is 15.8 Å². The van der Waals surface area contributed by atoms with Crippen LogP contribution in [0.3, 0.4) is 0 Å². The normalized spacial score (nSPS) is 14.2. The number of hydrogen-bond donors (Lipinski definition) is 2. The van der Waals surface area contributed by atoms with Crippen molar-refractivity contribution in [1.29, 1.82) is 0 Å². The maximum atomic E-state index is 12.3. The molecule has 0 atom stereocenters. The monoisotopic (exact) mass is 320 g/mol. The second-order valence-corrected chi connectivity index (χ2v) is 7.17. The molecule has 0 saturated heterocycles. The molecule has 21 heavy (non-hydrogen) atoms. The minimum Gasteiger partial charge on any atom is -0.324 e. The number of hydrogen-bond acceptors (Lipinski definition) is 4. The molecule has 108 valence electrons. The van der Waals surface area contributed by atoms with Gasteiger partial charge in [-0.25, -0.2) is 8.42 Å². The lowest BCUT2D eigenvalue weighted by molar-refractivity contribution is -0.113. The zero-order chi connectivity index (χ0) is 14.9. The molecular weight excluding hydrogens is 308 g/mol. The number of carbonyl (C=O) groups is 1. The van der Waals surface area contributed by atoms with Crippen LogP contribution in [-0.2, 0) is 14.8 Å². The number of amides is 1. The van der Waals surface area contributed by atoms with E-state index in [1.807, 2.05) is 6.07 Å². The van der Waals surface area contributed by atoms with Gasteiger partial charge in [0.25, 0.3) is 10.0 Å². The summed E-state index contributed by atoms with van der Waals surface area (Å²) >= 11 is 1.39. The molecule has 0 bridgehead atoms. The number of benzene rings is 2. The van der Waals surface area contributed by atoms with Crippen LogP contribution in [0.25, 0.3) is 0 Å². The Labute approximate surface area is 126 Å². The van der Waals surface area contributed by atoms with Gasteiger partial charge in [0.05, 0.1) is 16.3 Å². The summed E-state index contributed by atoms with van der Waals surface area (Å²) < 4.78 is 27.2. The third kappa shape index (κ3) is 3.03. The Balaban J connectivity index is 1.93. The minimum atomic E-state index is -3.67. The van der Waals surface area contributed by atoms with Crippen LogP contribution in [0.15, 0.2) is 58.3 Å². The summed E-state index contributed by atoms with van der Waals surface area (Å²) in [6, 6.07) is 13.4. The van der Waals surface area contributed by atoms with Gasteiger partial charge in [0, 0.05) is 10.6 Å². The zero-order valence-electron chi connectivity index (χ0n) is 10.9. The maximum absolute atomic E-state index is 12.3. The molecule has 1 aliphatic rings. The standard InChI is InChI=1S/C14H12N2O3S2/c17-14-9-20-13-7-6-11(8-12(13)15-14)21(18,19)16-10-4-2-1-3-5-10/h1-8,16H,9H2,(H,15,17). The molecule has 0 unspecified atom stereocenters. The summed E-state index contributed by atoms with van der Waals surface area (Å²) in [6.45, 7) is 0. The highest BCUT2D eigenvalue weighted by Crippen LogP contribution is 2.33. The average Bonchev–Trinajstić information content (AvgIpc) is 2.47. The second kappa shape index (κ2) is 5.42. The number of thioether (sulfide) groups is 1. The van der Waals surface area contributed by atoms with Crippen molar-refractivity contribution < 1.29 is 13.2 Å². The SMILES string of the molecule is O=C1CSc2ccc(S(=O)(=O)Nc3ccccc3)cc2N1. The molecular formula is C14H12N2O3S2. The number of anilines is 2. The van der Waals surface area contributed by atoms with Crippen molar-refractivity contribution in [2.45, 2.75) is 9.79 Å². The van der Waals surface area contributed by atoms with Gasteiger partial charge in [-0.15, -0.1) is 11.8 Å². The summed E-state index contributed by atoms with van der Waals surface area (Å²) in [6.07, 6.45) is 0. The molecule has 0 saturated carbocycles. The first-order valence-corrected chi connectivity index (χ1v) is 8.66. The Hall–Kier alpha value is -1.99. The number of rotatable bonds is 3. The third-order valence-corrected chi connectivity index (χ3v) is 5.37. The van der Waals surface area contributed by atoms with Crippen molar-refractivity contribution in [3.63, 3.8) is 0 Å². The van der Waals surface area contributed by atoms with E-state index < -0.39 is 10.0 Å². The minimum absolute atomic E-state index is 0.118. The second-order valence-electron chi connectivity index (χ2n) is 4.47. The molecule has 5 nitrogen and oxygen atoms in total. The fourth-order valence-corrected chi connectivity index (χ4v) is 3.82. The van der Waals surface area contributed by atoms with Crippen molar-refractivity contribution in [2.24, 2.45) is 0 Å². The Morgan fingerprint density at radius 2 is 1.86 bits per heavy atom. The molecule has 2 aromatic rings. The van der Waals surface area contributed by atoms with Crippen LogP contribution in [0.1, 0.15) is 0 Å². The van der Waals surface area contributed by atoms with Gasteiger partial charge >= 0.3 is 0 Å². The highest BCUT2D eigenvalue weighted by atomic mass is 32.2. The van der Waals surface area contributed by atoms with Crippen molar-refractivity contribution in [3.05, 3.63) is 48.5 Å². The van der Waals surface area contributed by atoms with E-state index in [1.54, 1.807) is 30.3 Å². The Kier molecular flexibility index (Phi) is 3.60. The zero-order valence-corrected chi connectivity index (χ0v) is 12.5. The van der Waals surface area contributed by atoms with Crippen LogP contribution in [0, 0.1) is 0 Å². The summed E-state index contributed by atoms with van der Waals surface area (Å²) in [5, 5.41) is 2.68. The quantitative estimate of drug-likeness (QED) is 0.911. The number of nitrogens with one attached hydrogen (secondary N) is 2. The van der Waals surface area contributed by atoms with E-state index in [9.17, 15) is 13.2 Å². The highest BCUT2D eigenvalue weighted by Gasteiger charge is 2.20. The van der Waals surface area contributed by atoms with E-state index >= 15 is 0 Å². The summed E-state index contributed by atoms with van der Waals surface area (Å²) in [5.74, 6) is 0.222. The molecule has 0 radical (unpaired) electrons. The van der Waals surface area contributed by atoms with Gasteiger partial charge in [0.15, 0.2) is 0 Å². The van der Waals surface area contributed by atoms with Crippen molar-refractivity contribution >= 4 is 39.1 Å².